The van der Waals surface area contributed by atoms with Gasteiger partial charge in [0, 0.05) is 11.5 Å². The largest absolute Gasteiger partial charge is 0.456 e. The minimum absolute atomic E-state index is 0.0230. The molecule has 1 N–H and O–H groups in total. The highest BCUT2D eigenvalue weighted by molar-refractivity contribution is 5.78. The highest BCUT2D eigenvalue weighted by atomic mass is 19.1. The third-order valence-corrected chi connectivity index (χ3v) is 2.65. The van der Waals surface area contributed by atoms with Crippen LogP contribution in [0.3, 0.4) is 0 Å². The van der Waals surface area contributed by atoms with Crippen molar-refractivity contribution in [3.05, 3.63) is 35.6 Å². The average molecular weight is 225 g/mol. The normalized spacial score (nSPS) is 13.2. The van der Waals surface area contributed by atoms with E-state index in [1.54, 1.807) is 13.1 Å². The van der Waals surface area contributed by atoms with Crippen molar-refractivity contribution in [3.8, 4) is 0 Å². The number of halogens is 2. The zero-order chi connectivity index (χ0) is 11.7. The molecule has 1 heterocycles. The lowest BCUT2D eigenvalue weighted by Gasteiger charge is -2.09. The molecule has 4 heteroatoms. The standard InChI is InChI=1S/C12H13F2NO/c1-3-10(15-2)11-5-7-4-8(13)6-9(14)12(7)16-11/h4-6,10,15H,3H2,1-2H3. The van der Waals surface area contributed by atoms with Gasteiger partial charge in [0.15, 0.2) is 11.4 Å². The molecule has 1 aromatic carbocycles. The molecule has 0 radical (unpaired) electrons. The topological polar surface area (TPSA) is 25.2 Å². The minimum atomic E-state index is -0.660. The fourth-order valence-corrected chi connectivity index (χ4v) is 1.82. The molecule has 16 heavy (non-hydrogen) atoms. The molecular weight excluding hydrogens is 212 g/mol. The van der Waals surface area contributed by atoms with Crippen molar-refractivity contribution in [3.63, 3.8) is 0 Å². The number of benzene rings is 1. The van der Waals surface area contributed by atoms with Crippen LogP contribution in [0.4, 0.5) is 8.78 Å². The summed E-state index contributed by atoms with van der Waals surface area (Å²) in [5, 5.41) is 3.51. The van der Waals surface area contributed by atoms with E-state index in [0.29, 0.717) is 11.1 Å². The van der Waals surface area contributed by atoms with Crippen molar-refractivity contribution in [2.75, 3.05) is 7.05 Å². The van der Waals surface area contributed by atoms with Crippen LogP contribution in [0.1, 0.15) is 25.1 Å². The Kier molecular flexibility index (Phi) is 2.92. The summed E-state index contributed by atoms with van der Waals surface area (Å²) in [6.45, 7) is 1.99. The fraction of sp³-hybridized carbons (Fsp3) is 0.333. The maximum atomic E-state index is 13.4. The van der Waals surface area contributed by atoms with Crippen LogP contribution in [0, 0.1) is 11.6 Å². The van der Waals surface area contributed by atoms with E-state index in [9.17, 15) is 8.78 Å². The third kappa shape index (κ3) is 1.80. The summed E-state index contributed by atoms with van der Waals surface area (Å²) < 4.78 is 31.7. The molecule has 2 rings (SSSR count). The molecule has 0 spiro atoms. The van der Waals surface area contributed by atoms with Crippen LogP contribution in [-0.4, -0.2) is 7.05 Å². The smallest absolute Gasteiger partial charge is 0.170 e. The Hall–Kier alpha value is -1.42. The molecule has 1 aromatic heterocycles. The average Bonchev–Trinajstić information content (AvgIpc) is 2.63. The molecule has 0 fully saturated rings. The molecule has 0 saturated heterocycles. The first-order valence-corrected chi connectivity index (χ1v) is 5.21. The number of hydrogen-bond acceptors (Lipinski definition) is 2. The second-order valence-corrected chi connectivity index (χ2v) is 3.70. The fourth-order valence-electron chi connectivity index (χ4n) is 1.82. The summed E-state index contributed by atoms with van der Waals surface area (Å²) >= 11 is 0. The van der Waals surface area contributed by atoms with Crippen LogP contribution in [0.5, 0.6) is 0 Å². The molecule has 2 aromatic rings. The van der Waals surface area contributed by atoms with Gasteiger partial charge in [0.2, 0.25) is 0 Å². The van der Waals surface area contributed by atoms with Crippen LogP contribution < -0.4 is 5.32 Å². The first-order valence-electron chi connectivity index (χ1n) is 5.21. The van der Waals surface area contributed by atoms with Gasteiger partial charge in [-0.1, -0.05) is 6.92 Å². The Morgan fingerprint density at radius 1 is 1.31 bits per heavy atom. The molecule has 2 nitrogen and oxygen atoms in total. The third-order valence-electron chi connectivity index (χ3n) is 2.65. The van der Waals surface area contributed by atoms with E-state index in [2.05, 4.69) is 5.32 Å². The molecule has 0 aliphatic heterocycles. The van der Waals surface area contributed by atoms with Crippen molar-refractivity contribution < 1.29 is 13.2 Å². The number of rotatable bonds is 3. The van der Waals surface area contributed by atoms with Crippen molar-refractivity contribution in [1.29, 1.82) is 0 Å². The van der Waals surface area contributed by atoms with Crippen LogP contribution >= 0.6 is 0 Å². The molecule has 1 atom stereocenters. The van der Waals surface area contributed by atoms with E-state index in [1.807, 2.05) is 6.92 Å². The first-order chi connectivity index (χ1) is 7.65. The van der Waals surface area contributed by atoms with Crippen molar-refractivity contribution in [2.45, 2.75) is 19.4 Å². The van der Waals surface area contributed by atoms with E-state index < -0.39 is 11.6 Å². The zero-order valence-corrected chi connectivity index (χ0v) is 9.18. The number of furan rings is 1. The van der Waals surface area contributed by atoms with Gasteiger partial charge in [-0.2, -0.15) is 0 Å². The Morgan fingerprint density at radius 2 is 2.06 bits per heavy atom. The Balaban J connectivity index is 2.55. The van der Waals surface area contributed by atoms with Gasteiger partial charge in [-0.05, 0) is 25.6 Å². The predicted molar refractivity (Wildman–Crippen MR) is 58.2 cm³/mol. The van der Waals surface area contributed by atoms with Crippen LogP contribution in [0.25, 0.3) is 11.0 Å². The lowest BCUT2D eigenvalue weighted by atomic mass is 10.1. The van der Waals surface area contributed by atoms with Gasteiger partial charge in [0.1, 0.15) is 11.6 Å². The molecule has 1 unspecified atom stereocenters. The summed E-state index contributed by atoms with van der Waals surface area (Å²) in [6, 6.07) is 3.80. The monoisotopic (exact) mass is 225 g/mol. The van der Waals surface area contributed by atoms with Gasteiger partial charge in [-0.25, -0.2) is 8.78 Å². The van der Waals surface area contributed by atoms with Gasteiger partial charge in [-0.3, -0.25) is 0 Å². The van der Waals surface area contributed by atoms with E-state index in [-0.39, 0.29) is 11.6 Å². The molecule has 0 saturated carbocycles. The number of nitrogens with one attached hydrogen (secondary N) is 1. The van der Waals surface area contributed by atoms with Crippen LogP contribution in [0.15, 0.2) is 22.6 Å². The molecule has 0 amide bonds. The van der Waals surface area contributed by atoms with E-state index in [4.69, 9.17) is 4.42 Å². The van der Waals surface area contributed by atoms with Gasteiger partial charge in [0.05, 0.1) is 6.04 Å². The maximum Gasteiger partial charge on any atom is 0.170 e. The van der Waals surface area contributed by atoms with Gasteiger partial charge >= 0.3 is 0 Å². The molecule has 0 aliphatic rings. The summed E-state index contributed by atoms with van der Waals surface area (Å²) in [6.07, 6.45) is 0.820. The Labute approximate surface area is 92.2 Å². The summed E-state index contributed by atoms with van der Waals surface area (Å²) in [7, 11) is 1.80. The quantitative estimate of drug-likeness (QED) is 0.866. The molecule has 0 aliphatic carbocycles. The van der Waals surface area contributed by atoms with Crippen LogP contribution in [0.2, 0.25) is 0 Å². The lowest BCUT2D eigenvalue weighted by molar-refractivity contribution is 0.435. The second kappa shape index (κ2) is 4.22. The Bertz CT molecular complexity index is 503. The lowest BCUT2D eigenvalue weighted by Crippen LogP contribution is -2.14. The van der Waals surface area contributed by atoms with E-state index >= 15 is 0 Å². The predicted octanol–water partition coefficient (Wildman–Crippen LogP) is 3.38. The second-order valence-electron chi connectivity index (χ2n) is 3.70. The Morgan fingerprint density at radius 3 is 2.69 bits per heavy atom. The molecule has 0 bridgehead atoms. The van der Waals surface area contributed by atoms with Crippen molar-refractivity contribution >= 4 is 11.0 Å². The highest BCUT2D eigenvalue weighted by Gasteiger charge is 2.15. The molecular formula is C12H13F2NO. The van der Waals surface area contributed by atoms with Gasteiger partial charge in [0.25, 0.3) is 0 Å². The van der Waals surface area contributed by atoms with E-state index in [1.165, 1.54) is 6.07 Å². The zero-order valence-electron chi connectivity index (χ0n) is 9.18. The van der Waals surface area contributed by atoms with Crippen molar-refractivity contribution in [1.82, 2.24) is 5.32 Å². The molecule has 86 valence electrons. The van der Waals surface area contributed by atoms with Crippen molar-refractivity contribution in [2.24, 2.45) is 0 Å². The first kappa shape index (κ1) is 11.1. The highest BCUT2D eigenvalue weighted by Crippen LogP contribution is 2.28. The maximum absolute atomic E-state index is 13.4. The minimum Gasteiger partial charge on any atom is -0.456 e. The van der Waals surface area contributed by atoms with E-state index in [0.717, 1.165) is 12.5 Å². The van der Waals surface area contributed by atoms with Crippen LogP contribution in [-0.2, 0) is 0 Å². The number of fused-ring (bicyclic) bond motifs is 1. The summed E-state index contributed by atoms with van der Waals surface area (Å²) in [4.78, 5) is 0. The number of hydrogen-bond donors (Lipinski definition) is 1. The van der Waals surface area contributed by atoms with Gasteiger partial charge < -0.3 is 9.73 Å². The summed E-state index contributed by atoms with van der Waals surface area (Å²) in [5.74, 6) is -0.619. The van der Waals surface area contributed by atoms with Gasteiger partial charge in [-0.15, -0.1) is 0 Å². The summed E-state index contributed by atoms with van der Waals surface area (Å²) in [5.41, 5.74) is 0.116. The SMILES string of the molecule is CCC(NC)c1cc2cc(F)cc(F)c2o1.